The van der Waals surface area contributed by atoms with E-state index in [-0.39, 0.29) is 6.10 Å². The Hall–Kier alpha value is -0.570. The van der Waals surface area contributed by atoms with Gasteiger partial charge in [-0.05, 0) is 31.5 Å². The monoisotopic (exact) mass is 227 g/mol. The normalized spacial score (nSPS) is 14.9. The Balaban J connectivity index is 2.40. The average molecular weight is 228 g/mol. The van der Waals surface area contributed by atoms with Gasteiger partial charge in [0.1, 0.15) is 0 Å². The second kappa shape index (κ2) is 6.11. The maximum atomic E-state index is 5.81. The summed E-state index contributed by atoms with van der Waals surface area (Å²) in [5.41, 5.74) is 1.23. The van der Waals surface area contributed by atoms with Gasteiger partial charge in [0.05, 0.1) is 6.10 Å². The third-order valence-corrected chi connectivity index (χ3v) is 2.87. The molecule has 2 nitrogen and oxygen atoms in total. The molecule has 0 saturated heterocycles. The minimum Gasteiger partial charge on any atom is -0.380 e. The summed E-state index contributed by atoms with van der Waals surface area (Å²) in [4.78, 5) is 0. The Labute approximate surface area is 96.6 Å². The Morgan fingerprint density at radius 2 is 1.87 bits per heavy atom. The maximum absolute atomic E-state index is 5.81. The number of ether oxygens (including phenoxy) is 1. The molecule has 0 aromatic heterocycles. The predicted octanol–water partition coefficient (Wildman–Crippen LogP) is 2.85. The van der Waals surface area contributed by atoms with Crippen LogP contribution < -0.4 is 5.32 Å². The van der Waals surface area contributed by atoms with E-state index in [0.717, 1.165) is 11.6 Å². The van der Waals surface area contributed by atoms with Crippen LogP contribution in [0.4, 0.5) is 0 Å². The van der Waals surface area contributed by atoms with Gasteiger partial charge in [0, 0.05) is 24.7 Å². The molecule has 1 rings (SSSR count). The van der Waals surface area contributed by atoms with Crippen molar-refractivity contribution in [3.8, 4) is 0 Å². The van der Waals surface area contributed by atoms with E-state index in [9.17, 15) is 0 Å². The Kier molecular flexibility index (Phi) is 5.09. The van der Waals surface area contributed by atoms with Gasteiger partial charge in [0.15, 0.2) is 0 Å². The van der Waals surface area contributed by atoms with Gasteiger partial charge in [-0.15, -0.1) is 0 Å². The summed E-state index contributed by atoms with van der Waals surface area (Å²) in [6.45, 7) is 5.01. The first-order chi connectivity index (χ1) is 7.13. The first kappa shape index (κ1) is 12.5. The molecule has 0 amide bonds. The van der Waals surface area contributed by atoms with Crippen molar-refractivity contribution in [3.63, 3.8) is 0 Å². The summed E-state index contributed by atoms with van der Waals surface area (Å²) in [6.07, 6.45) is 0.220. The molecule has 0 aliphatic carbocycles. The minimum absolute atomic E-state index is 0.220. The lowest BCUT2D eigenvalue weighted by Gasteiger charge is -2.19. The van der Waals surface area contributed by atoms with Crippen LogP contribution in [0.15, 0.2) is 24.3 Å². The van der Waals surface area contributed by atoms with E-state index in [1.54, 1.807) is 7.11 Å². The standard InChI is InChI=1S/C12H18ClNO/c1-9(10(2)15-3)14-8-11-4-6-12(13)7-5-11/h4-7,9-10,14H,8H2,1-3H3. The number of rotatable bonds is 5. The summed E-state index contributed by atoms with van der Waals surface area (Å²) in [5, 5.41) is 4.18. The molecule has 84 valence electrons. The van der Waals surface area contributed by atoms with Gasteiger partial charge >= 0.3 is 0 Å². The Bertz CT molecular complexity index is 286. The van der Waals surface area contributed by atoms with Crippen LogP contribution in [0, 0.1) is 0 Å². The summed E-state index contributed by atoms with van der Waals surface area (Å²) >= 11 is 5.81. The van der Waals surface area contributed by atoms with Gasteiger partial charge in [0.25, 0.3) is 0 Å². The van der Waals surface area contributed by atoms with Crippen LogP contribution in [0.2, 0.25) is 5.02 Å². The fourth-order valence-corrected chi connectivity index (χ4v) is 1.38. The molecule has 0 fully saturated rings. The SMILES string of the molecule is COC(C)C(C)NCc1ccc(Cl)cc1. The fraction of sp³-hybridized carbons (Fsp3) is 0.500. The lowest BCUT2D eigenvalue weighted by atomic mass is 10.2. The molecule has 0 spiro atoms. The molecule has 0 radical (unpaired) electrons. The third-order valence-electron chi connectivity index (χ3n) is 2.62. The summed E-state index contributed by atoms with van der Waals surface area (Å²) in [7, 11) is 1.73. The molecule has 1 aromatic carbocycles. The van der Waals surface area contributed by atoms with Crippen molar-refractivity contribution in [1.29, 1.82) is 0 Å². The van der Waals surface area contributed by atoms with E-state index in [1.807, 2.05) is 24.3 Å². The molecule has 1 aromatic rings. The molecule has 0 saturated carbocycles. The van der Waals surface area contributed by atoms with Crippen molar-refractivity contribution >= 4 is 11.6 Å². The molecular formula is C12H18ClNO. The van der Waals surface area contributed by atoms with Gasteiger partial charge < -0.3 is 10.1 Å². The number of methoxy groups -OCH3 is 1. The first-order valence-electron chi connectivity index (χ1n) is 5.14. The van der Waals surface area contributed by atoms with Crippen molar-refractivity contribution in [3.05, 3.63) is 34.9 Å². The lowest BCUT2D eigenvalue weighted by molar-refractivity contribution is 0.0882. The number of hydrogen-bond acceptors (Lipinski definition) is 2. The molecule has 1 N–H and O–H groups in total. The van der Waals surface area contributed by atoms with Crippen LogP contribution in [0.5, 0.6) is 0 Å². The second-order valence-corrected chi connectivity index (χ2v) is 4.17. The van der Waals surface area contributed by atoms with E-state index >= 15 is 0 Å². The predicted molar refractivity (Wildman–Crippen MR) is 64.2 cm³/mol. The van der Waals surface area contributed by atoms with Crippen LogP contribution in [-0.4, -0.2) is 19.3 Å². The Morgan fingerprint density at radius 1 is 1.27 bits per heavy atom. The average Bonchev–Trinajstić information content (AvgIpc) is 2.26. The van der Waals surface area contributed by atoms with E-state index in [4.69, 9.17) is 16.3 Å². The van der Waals surface area contributed by atoms with Crippen LogP contribution in [-0.2, 0) is 11.3 Å². The highest BCUT2D eigenvalue weighted by molar-refractivity contribution is 6.30. The second-order valence-electron chi connectivity index (χ2n) is 3.74. The largest absolute Gasteiger partial charge is 0.380 e. The minimum atomic E-state index is 0.220. The molecule has 0 aliphatic heterocycles. The summed E-state index contributed by atoms with van der Waals surface area (Å²) in [6, 6.07) is 8.20. The summed E-state index contributed by atoms with van der Waals surface area (Å²) in [5.74, 6) is 0. The number of halogens is 1. The van der Waals surface area contributed by atoms with Crippen LogP contribution >= 0.6 is 11.6 Å². The zero-order chi connectivity index (χ0) is 11.3. The highest BCUT2D eigenvalue weighted by Crippen LogP contribution is 2.09. The van der Waals surface area contributed by atoms with Gasteiger partial charge in [-0.1, -0.05) is 23.7 Å². The van der Waals surface area contributed by atoms with E-state index in [1.165, 1.54) is 5.56 Å². The molecule has 2 unspecified atom stereocenters. The van der Waals surface area contributed by atoms with Gasteiger partial charge in [-0.3, -0.25) is 0 Å². The van der Waals surface area contributed by atoms with Gasteiger partial charge in [0.2, 0.25) is 0 Å². The maximum Gasteiger partial charge on any atom is 0.0693 e. The van der Waals surface area contributed by atoms with E-state index in [0.29, 0.717) is 6.04 Å². The quantitative estimate of drug-likeness (QED) is 0.835. The highest BCUT2D eigenvalue weighted by Gasteiger charge is 2.09. The molecule has 0 heterocycles. The topological polar surface area (TPSA) is 21.3 Å². The number of benzene rings is 1. The lowest BCUT2D eigenvalue weighted by Crippen LogP contribution is -2.36. The van der Waals surface area contributed by atoms with Crippen LogP contribution in [0.25, 0.3) is 0 Å². The van der Waals surface area contributed by atoms with Crippen LogP contribution in [0.1, 0.15) is 19.4 Å². The van der Waals surface area contributed by atoms with E-state index in [2.05, 4.69) is 19.2 Å². The fourth-order valence-electron chi connectivity index (χ4n) is 1.25. The van der Waals surface area contributed by atoms with Crippen molar-refractivity contribution in [2.75, 3.05) is 7.11 Å². The molecule has 2 atom stereocenters. The molecule has 0 aliphatic rings. The van der Waals surface area contributed by atoms with Crippen molar-refractivity contribution in [2.24, 2.45) is 0 Å². The smallest absolute Gasteiger partial charge is 0.0693 e. The van der Waals surface area contributed by atoms with Gasteiger partial charge in [-0.2, -0.15) is 0 Å². The van der Waals surface area contributed by atoms with Crippen LogP contribution in [0.3, 0.4) is 0 Å². The molecule has 3 heteroatoms. The molecular weight excluding hydrogens is 210 g/mol. The van der Waals surface area contributed by atoms with Crippen molar-refractivity contribution in [1.82, 2.24) is 5.32 Å². The van der Waals surface area contributed by atoms with Crippen molar-refractivity contribution in [2.45, 2.75) is 32.5 Å². The molecule has 0 bridgehead atoms. The molecule has 15 heavy (non-hydrogen) atoms. The van der Waals surface area contributed by atoms with Crippen molar-refractivity contribution < 1.29 is 4.74 Å². The highest BCUT2D eigenvalue weighted by atomic mass is 35.5. The zero-order valence-corrected chi connectivity index (χ0v) is 10.2. The number of nitrogens with one attached hydrogen (secondary N) is 1. The summed E-state index contributed by atoms with van der Waals surface area (Å²) < 4.78 is 5.24. The first-order valence-corrected chi connectivity index (χ1v) is 5.52. The third kappa shape index (κ3) is 4.20. The zero-order valence-electron chi connectivity index (χ0n) is 9.46. The van der Waals surface area contributed by atoms with E-state index < -0.39 is 0 Å². The number of hydrogen-bond donors (Lipinski definition) is 1. The van der Waals surface area contributed by atoms with Gasteiger partial charge in [-0.25, -0.2) is 0 Å². The Morgan fingerprint density at radius 3 is 2.40 bits per heavy atom.